The van der Waals surface area contributed by atoms with Crippen LogP contribution in [0.4, 0.5) is 5.69 Å². The number of benzene rings is 1. The Morgan fingerprint density at radius 1 is 1.36 bits per heavy atom. The third kappa shape index (κ3) is 2.57. The van der Waals surface area contributed by atoms with E-state index in [1.807, 2.05) is 0 Å². The van der Waals surface area contributed by atoms with Crippen molar-refractivity contribution in [3.8, 4) is 0 Å². The standard InChI is InChI=1S/C10H10ClNO2/c1-6-5-8(12-7(2)13)3-4-9(6)10(11)14/h3-5H,1-2H3,(H,12,13). The molecule has 0 radical (unpaired) electrons. The van der Waals surface area contributed by atoms with Gasteiger partial charge in [-0.1, -0.05) is 0 Å². The zero-order chi connectivity index (χ0) is 10.7. The van der Waals surface area contributed by atoms with E-state index in [1.165, 1.54) is 6.92 Å². The van der Waals surface area contributed by atoms with E-state index in [-0.39, 0.29) is 5.91 Å². The Morgan fingerprint density at radius 3 is 2.43 bits per heavy atom. The van der Waals surface area contributed by atoms with Crippen molar-refractivity contribution in [1.82, 2.24) is 0 Å². The Bertz CT molecular complexity index is 388. The van der Waals surface area contributed by atoms with Crippen molar-refractivity contribution in [1.29, 1.82) is 0 Å². The second-order valence-electron chi connectivity index (χ2n) is 2.98. The third-order valence-electron chi connectivity index (χ3n) is 1.76. The summed E-state index contributed by atoms with van der Waals surface area (Å²) in [5.74, 6) is -0.144. The molecular weight excluding hydrogens is 202 g/mol. The van der Waals surface area contributed by atoms with Crippen LogP contribution in [-0.2, 0) is 4.79 Å². The number of amides is 1. The van der Waals surface area contributed by atoms with E-state index >= 15 is 0 Å². The second-order valence-corrected chi connectivity index (χ2v) is 3.33. The van der Waals surface area contributed by atoms with Gasteiger partial charge in [-0.3, -0.25) is 9.59 Å². The number of anilines is 1. The fourth-order valence-corrected chi connectivity index (χ4v) is 1.38. The minimum atomic E-state index is -0.489. The topological polar surface area (TPSA) is 46.2 Å². The van der Waals surface area contributed by atoms with Crippen LogP contribution in [0.25, 0.3) is 0 Å². The molecule has 0 heterocycles. The van der Waals surface area contributed by atoms with Gasteiger partial charge < -0.3 is 5.32 Å². The Labute approximate surface area is 87.1 Å². The molecule has 0 bridgehead atoms. The number of nitrogens with one attached hydrogen (secondary N) is 1. The molecule has 1 aromatic rings. The molecular formula is C10H10ClNO2. The zero-order valence-electron chi connectivity index (χ0n) is 7.93. The molecule has 0 aromatic heterocycles. The van der Waals surface area contributed by atoms with Gasteiger partial charge in [0.2, 0.25) is 5.91 Å². The summed E-state index contributed by atoms with van der Waals surface area (Å²) < 4.78 is 0. The minimum absolute atomic E-state index is 0.144. The van der Waals surface area contributed by atoms with Crippen LogP contribution in [0.2, 0.25) is 0 Å². The molecule has 74 valence electrons. The lowest BCUT2D eigenvalue weighted by molar-refractivity contribution is -0.114. The van der Waals surface area contributed by atoms with Gasteiger partial charge in [0.25, 0.3) is 5.24 Å². The first-order valence-corrected chi connectivity index (χ1v) is 4.46. The summed E-state index contributed by atoms with van der Waals surface area (Å²) in [7, 11) is 0. The van der Waals surface area contributed by atoms with Crippen molar-refractivity contribution in [3.05, 3.63) is 29.3 Å². The summed E-state index contributed by atoms with van der Waals surface area (Å²) >= 11 is 5.34. The van der Waals surface area contributed by atoms with Crippen molar-refractivity contribution >= 4 is 28.4 Å². The highest BCUT2D eigenvalue weighted by Gasteiger charge is 2.06. The Morgan fingerprint density at radius 2 is 2.00 bits per heavy atom. The summed E-state index contributed by atoms with van der Waals surface area (Å²) in [4.78, 5) is 21.6. The molecule has 0 saturated carbocycles. The molecule has 0 aliphatic carbocycles. The van der Waals surface area contributed by atoms with Gasteiger partial charge in [-0.25, -0.2) is 0 Å². The number of hydrogen-bond acceptors (Lipinski definition) is 2. The number of carbonyl (C=O) groups is 2. The average Bonchev–Trinajstić information content (AvgIpc) is 2.01. The van der Waals surface area contributed by atoms with E-state index < -0.39 is 5.24 Å². The van der Waals surface area contributed by atoms with Crippen LogP contribution in [0.5, 0.6) is 0 Å². The third-order valence-corrected chi connectivity index (χ3v) is 1.96. The molecule has 0 fully saturated rings. The second kappa shape index (κ2) is 4.24. The average molecular weight is 212 g/mol. The number of halogens is 1. The highest BCUT2D eigenvalue weighted by Crippen LogP contribution is 2.16. The van der Waals surface area contributed by atoms with Crippen molar-refractivity contribution in [2.45, 2.75) is 13.8 Å². The van der Waals surface area contributed by atoms with Crippen molar-refractivity contribution in [2.24, 2.45) is 0 Å². The molecule has 0 aliphatic heterocycles. The molecule has 1 rings (SSSR count). The van der Waals surface area contributed by atoms with Crippen LogP contribution >= 0.6 is 11.6 Å². The van der Waals surface area contributed by atoms with Crippen LogP contribution in [0.1, 0.15) is 22.8 Å². The Kier molecular flexibility index (Phi) is 3.25. The highest BCUT2D eigenvalue weighted by atomic mass is 35.5. The predicted molar refractivity (Wildman–Crippen MR) is 55.7 cm³/mol. The van der Waals surface area contributed by atoms with E-state index in [2.05, 4.69) is 5.32 Å². The molecule has 1 N–H and O–H groups in total. The van der Waals surface area contributed by atoms with Crippen LogP contribution in [0.3, 0.4) is 0 Å². The van der Waals surface area contributed by atoms with E-state index in [0.717, 1.165) is 5.56 Å². The van der Waals surface area contributed by atoms with E-state index in [1.54, 1.807) is 25.1 Å². The normalized spacial score (nSPS) is 9.64. The van der Waals surface area contributed by atoms with Gasteiger partial charge in [0, 0.05) is 18.2 Å². The molecule has 1 amide bonds. The van der Waals surface area contributed by atoms with Gasteiger partial charge in [-0.2, -0.15) is 0 Å². The zero-order valence-corrected chi connectivity index (χ0v) is 8.68. The molecule has 4 heteroatoms. The lowest BCUT2D eigenvalue weighted by atomic mass is 10.1. The van der Waals surface area contributed by atoms with Crippen LogP contribution < -0.4 is 5.32 Å². The molecule has 3 nitrogen and oxygen atoms in total. The summed E-state index contributed by atoms with van der Waals surface area (Å²) in [5, 5.41) is 2.13. The lowest BCUT2D eigenvalue weighted by Crippen LogP contribution is -2.06. The molecule has 1 aromatic carbocycles. The summed E-state index contributed by atoms with van der Waals surface area (Å²) in [5.41, 5.74) is 1.87. The van der Waals surface area contributed by atoms with Crippen LogP contribution in [-0.4, -0.2) is 11.1 Å². The highest BCUT2D eigenvalue weighted by molar-refractivity contribution is 6.67. The predicted octanol–water partition coefficient (Wildman–Crippen LogP) is 2.33. The Balaban J connectivity index is 3.00. The van der Waals surface area contributed by atoms with Crippen LogP contribution in [0.15, 0.2) is 18.2 Å². The summed E-state index contributed by atoms with van der Waals surface area (Å²) in [6, 6.07) is 4.94. The lowest BCUT2D eigenvalue weighted by Gasteiger charge is -2.05. The number of carbonyl (C=O) groups excluding carboxylic acids is 2. The largest absolute Gasteiger partial charge is 0.326 e. The molecule has 0 saturated heterocycles. The quantitative estimate of drug-likeness (QED) is 0.764. The van der Waals surface area contributed by atoms with Gasteiger partial charge in [0.05, 0.1) is 0 Å². The first-order valence-electron chi connectivity index (χ1n) is 4.09. The molecule has 0 atom stereocenters. The summed E-state index contributed by atoms with van der Waals surface area (Å²) in [6.07, 6.45) is 0. The van der Waals surface area contributed by atoms with Crippen LogP contribution in [0, 0.1) is 6.92 Å². The maximum Gasteiger partial charge on any atom is 0.252 e. The Hall–Kier alpha value is -1.35. The maximum absolute atomic E-state index is 10.9. The van der Waals surface area contributed by atoms with Gasteiger partial charge >= 0.3 is 0 Å². The number of rotatable bonds is 2. The smallest absolute Gasteiger partial charge is 0.252 e. The van der Waals surface area contributed by atoms with Crippen molar-refractivity contribution in [2.75, 3.05) is 5.32 Å². The van der Waals surface area contributed by atoms with Gasteiger partial charge in [-0.05, 0) is 42.3 Å². The first kappa shape index (κ1) is 10.7. The first-order chi connectivity index (χ1) is 6.50. The molecule has 0 aliphatic rings. The number of aryl methyl sites for hydroxylation is 1. The number of hydrogen-bond donors (Lipinski definition) is 1. The van der Waals surface area contributed by atoms with Crippen molar-refractivity contribution < 1.29 is 9.59 Å². The monoisotopic (exact) mass is 211 g/mol. The van der Waals surface area contributed by atoms with E-state index in [9.17, 15) is 9.59 Å². The molecule has 0 spiro atoms. The fourth-order valence-electron chi connectivity index (χ4n) is 1.17. The molecule has 14 heavy (non-hydrogen) atoms. The van der Waals surface area contributed by atoms with E-state index in [4.69, 9.17) is 11.6 Å². The van der Waals surface area contributed by atoms with Gasteiger partial charge in [0.15, 0.2) is 0 Å². The summed E-state index contributed by atoms with van der Waals surface area (Å²) in [6.45, 7) is 3.19. The van der Waals surface area contributed by atoms with Gasteiger partial charge in [0.1, 0.15) is 0 Å². The van der Waals surface area contributed by atoms with Gasteiger partial charge in [-0.15, -0.1) is 0 Å². The minimum Gasteiger partial charge on any atom is -0.326 e. The molecule has 0 unspecified atom stereocenters. The van der Waals surface area contributed by atoms with Crippen molar-refractivity contribution in [3.63, 3.8) is 0 Å². The SMILES string of the molecule is CC(=O)Nc1ccc(C(=O)Cl)c(C)c1. The fraction of sp³-hybridized carbons (Fsp3) is 0.200. The van der Waals surface area contributed by atoms with E-state index in [0.29, 0.717) is 11.3 Å². The maximum atomic E-state index is 10.9.